The highest BCUT2D eigenvalue weighted by Crippen LogP contribution is 2.27. The van der Waals surface area contributed by atoms with Crippen LogP contribution in [0.5, 0.6) is 0 Å². The molecule has 0 aromatic heterocycles. The van der Waals surface area contributed by atoms with Crippen LogP contribution in [0, 0.1) is 5.92 Å². The maximum Gasteiger partial charge on any atom is 0.218 e. The third kappa shape index (κ3) is 3.23. The van der Waals surface area contributed by atoms with Gasteiger partial charge in [0, 0.05) is 19.3 Å². The first-order valence-electron chi connectivity index (χ1n) is 6.26. The lowest BCUT2D eigenvalue weighted by Gasteiger charge is -2.29. The van der Waals surface area contributed by atoms with E-state index >= 15 is 0 Å². The fourth-order valence-corrected chi connectivity index (χ4v) is 3.36. The van der Waals surface area contributed by atoms with Crippen LogP contribution in [0.25, 0.3) is 0 Å². The van der Waals surface area contributed by atoms with Crippen molar-refractivity contribution in [3.63, 3.8) is 0 Å². The van der Waals surface area contributed by atoms with Gasteiger partial charge < -0.3 is 5.73 Å². The molecule has 1 saturated carbocycles. The van der Waals surface area contributed by atoms with Crippen molar-refractivity contribution in [3.05, 3.63) is 29.8 Å². The van der Waals surface area contributed by atoms with E-state index in [2.05, 4.69) is 0 Å². The highest BCUT2D eigenvalue weighted by molar-refractivity contribution is 7.88. The molecule has 2 rings (SSSR count). The number of hydrogen-bond acceptors (Lipinski definition) is 3. The van der Waals surface area contributed by atoms with Crippen LogP contribution in [0.3, 0.4) is 0 Å². The van der Waals surface area contributed by atoms with Crippen molar-refractivity contribution in [2.75, 3.05) is 19.3 Å². The summed E-state index contributed by atoms with van der Waals surface area (Å²) in [5, 5.41) is 0. The summed E-state index contributed by atoms with van der Waals surface area (Å²) in [6.07, 6.45) is 3.54. The predicted molar refractivity (Wildman–Crippen MR) is 73.4 cm³/mol. The molecule has 1 aliphatic carbocycles. The average Bonchev–Trinajstić information content (AvgIpc) is 2.26. The normalized spacial score (nSPS) is 16.8. The van der Waals surface area contributed by atoms with Crippen molar-refractivity contribution in [1.82, 2.24) is 4.31 Å². The molecular weight excluding hydrogens is 248 g/mol. The summed E-state index contributed by atoms with van der Waals surface area (Å²) in [6, 6.07) is 7.00. The molecule has 2 N–H and O–H groups in total. The van der Waals surface area contributed by atoms with E-state index in [4.69, 9.17) is 5.73 Å². The Morgan fingerprint density at radius 2 is 1.89 bits per heavy atom. The molecule has 0 heterocycles. The highest BCUT2D eigenvalue weighted by Gasteiger charge is 2.25. The number of hydrogen-bond donors (Lipinski definition) is 1. The van der Waals surface area contributed by atoms with E-state index in [9.17, 15) is 8.42 Å². The molecule has 0 unspecified atom stereocenters. The maximum absolute atomic E-state index is 12.2. The maximum atomic E-state index is 12.2. The molecule has 0 amide bonds. The summed E-state index contributed by atoms with van der Waals surface area (Å²) >= 11 is 0. The van der Waals surface area contributed by atoms with Crippen LogP contribution in [-0.4, -0.2) is 26.3 Å². The number of nitrogens with zero attached hydrogens (tertiary/aromatic N) is 1. The summed E-state index contributed by atoms with van der Waals surface area (Å²) in [6.45, 7) is 0.650. The van der Waals surface area contributed by atoms with Gasteiger partial charge in [-0.25, -0.2) is 12.7 Å². The molecule has 5 heteroatoms. The number of nitrogen functional groups attached to an aromatic ring is 1. The molecule has 4 nitrogen and oxygen atoms in total. The minimum absolute atomic E-state index is 0.0521. The van der Waals surface area contributed by atoms with Gasteiger partial charge in [-0.05, 0) is 36.5 Å². The van der Waals surface area contributed by atoms with Crippen LogP contribution in [-0.2, 0) is 15.8 Å². The van der Waals surface area contributed by atoms with Gasteiger partial charge in [-0.1, -0.05) is 18.6 Å². The highest BCUT2D eigenvalue weighted by atomic mass is 32.2. The Hall–Kier alpha value is -1.07. The van der Waals surface area contributed by atoms with Crippen molar-refractivity contribution in [1.29, 1.82) is 0 Å². The Bertz CT molecular complexity index is 492. The van der Waals surface area contributed by atoms with E-state index in [1.807, 2.05) is 0 Å². The number of nitrogens with two attached hydrogens (primary N) is 1. The van der Waals surface area contributed by atoms with E-state index in [0.29, 0.717) is 18.2 Å². The largest absolute Gasteiger partial charge is 0.399 e. The van der Waals surface area contributed by atoms with Crippen molar-refractivity contribution >= 4 is 15.7 Å². The van der Waals surface area contributed by atoms with Gasteiger partial charge in [0.25, 0.3) is 0 Å². The lowest BCUT2D eigenvalue weighted by molar-refractivity contribution is 0.263. The van der Waals surface area contributed by atoms with E-state index in [0.717, 1.165) is 18.4 Å². The topological polar surface area (TPSA) is 63.4 Å². The van der Waals surface area contributed by atoms with Crippen molar-refractivity contribution in [2.24, 2.45) is 5.92 Å². The summed E-state index contributed by atoms with van der Waals surface area (Å²) < 4.78 is 25.8. The van der Waals surface area contributed by atoms with E-state index in [-0.39, 0.29) is 5.75 Å². The van der Waals surface area contributed by atoms with Gasteiger partial charge in [0.05, 0.1) is 5.75 Å². The van der Waals surface area contributed by atoms with Crippen LogP contribution in [0.4, 0.5) is 5.69 Å². The minimum Gasteiger partial charge on any atom is -0.399 e. The Morgan fingerprint density at radius 1 is 1.28 bits per heavy atom. The number of sulfonamides is 1. The van der Waals surface area contributed by atoms with Crippen LogP contribution in [0.1, 0.15) is 24.8 Å². The van der Waals surface area contributed by atoms with Crippen molar-refractivity contribution < 1.29 is 8.42 Å². The van der Waals surface area contributed by atoms with Gasteiger partial charge in [-0.3, -0.25) is 0 Å². The monoisotopic (exact) mass is 268 g/mol. The number of benzene rings is 1. The van der Waals surface area contributed by atoms with Gasteiger partial charge in [0.15, 0.2) is 0 Å². The second-order valence-electron chi connectivity index (χ2n) is 5.08. The van der Waals surface area contributed by atoms with Crippen LogP contribution >= 0.6 is 0 Å². The molecule has 0 spiro atoms. The smallest absolute Gasteiger partial charge is 0.218 e. The van der Waals surface area contributed by atoms with Gasteiger partial charge in [0.1, 0.15) is 0 Å². The van der Waals surface area contributed by atoms with E-state index in [1.165, 1.54) is 10.7 Å². The first kappa shape index (κ1) is 13.4. The van der Waals surface area contributed by atoms with Crippen molar-refractivity contribution in [2.45, 2.75) is 25.0 Å². The zero-order chi connectivity index (χ0) is 13.2. The first-order chi connectivity index (χ1) is 8.47. The molecule has 0 bridgehead atoms. The van der Waals surface area contributed by atoms with E-state index in [1.54, 1.807) is 31.3 Å². The number of anilines is 1. The van der Waals surface area contributed by atoms with E-state index < -0.39 is 10.0 Å². The Kier molecular flexibility index (Phi) is 3.92. The fourth-order valence-electron chi connectivity index (χ4n) is 2.09. The Morgan fingerprint density at radius 3 is 2.39 bits per heavy atom. The van der Waals surface area contributed by atoms with Crippen molar-refractivity contribution in [3.8, 4) is 0 Å². The molecule has 0 saturated heterocycles. The second kappa shape index (κ2) is 5.28. The Labute approximate surface area is 109 Å². The lowest BCUT2D eigenvalue weighted by Crippen LogP contribution is -2.35. The molecule has 0 aliphatic heterocycles. The lowest BCUT2D eigenvalue weighted by atomic mass is 9.86. The van der Waals surface area contributed by atoms with Gasteiger partial charge in [-0.2, -0.15) is 0 Å². The molecule has 0 atom stereocenters. The van der Waals surface area contributed by atoms with Gasteiger partial charge in [0.2, 0.25) is 10.0 Å². The molecule has 1 aliphatic rings. The quantitative estimate of drug-likeness (QED) is 0.829. The standard InChI is InChI=1S/C13H20N2O2S/c1-15(9-11-3-2-4-11)18(16,17)10-12-5-7-13(14)8-6-12/h5-8,11H,2-4,9-10,14H2,1H3. The summed E-state index contributed by atoms with van der Waals surface area (Å²) in [5.41, 5.74) is 7.02. The zero-order valence-electron chi connectivity index (χ0n) is 10.7. The zero-order valence-corrected chi connectivity index (χ0v) is 11.5. The molecule has 100 valence electrons. The summed E-state index contributed by atoms with van der Waals surface area (Å²) in [5.74, 6) is 0.604. The fraction of sp³-hybridized carbons (Fsp3) is 0.538. The second-order valence-corrected chi connectivity index (χ2v) is 7.15. The minimum atomic E-state index is -3.20. The first-order valence-corrected chi connectivity index (χ1v) is 7.87. The molecule has 1 aromatic carbocycles. The third-order valence-electron chi connectivity index (χ3n) is 3.54. The van der Waals surface area contributed by atoms with Gasteiger partial charge in [-0.15, -0.1) is 0 Å². The molecule has 0 radical (unpaired) electrons. The predicted octanol–water partition coefficient (Wildman–Crippen LogP) is 1.83. The van der Waals surface area contributed by atoms with Crippen LogP contribution < -0.4 is 5.73 Å². The number of rotatable bonds is 5. The van der Waals surface area contributed by atoms with Crippen LogP contribution in [0.2, 0.25) is 0 Å². The van der Waals surface area contributed by atoms with Gasteiger partial charge >= 0.3 is 0 Å². The molecule has 18 heavy (non-hydrogen) atoms. The molecule has 1 fully saturated rings. The SMILES string of the molecule is CN(CC1CCC1)S(=O)(=O)Cc1ccc(N)cc1. The Balaban J connectivity index is 1.99. The molecule has 1 aromatic rings. The summed E-state index contributed by atoms with van der Waals surface area (Å²) in [4.78, 5) is 0. The molecular formula is C13H20N2O2S. The average molecular weight is 268 g/mol. The summed E-state index contributed by atoms with van der Waals surface area (Å²) in [7, 11) is -1.53. The third-order valence-corrected chi connectivity index (χ3v) is 5.34. The van der Waals surface area contributed by atoms with Crippen LogP contribution in [0.15, 0.2) is 24.3 Å².